The third-order valence-corrected chi connectivity index (χ3v) is 5.02. The summed E-state index contributed by atoms with van der Waals surface area (Å²) in [4.78, 5) is 34.9. The first-order valence-electron chi connectivity index (χ1n) is 9.54. The first kappa shape index (κ1) is 19.0. The van der Waals surface area contributed by atoms with Gasteiger partial charge in [-0.25, -0.2) is 0 Å². The molecule has 3 rings (SSSR count). The zero-order valence-electron chi connectivity index (χ0n) is 15.7. The molecule has 0 aromatic carbocycles. The molecule has 2 aromatic heterocycles. The molecule has 0 radical (unpaired) electrons. The summed E-state index contributed by atoms with van der Waals surface area (Å²) in [6.07, 6.45) is 12.9. The molecule has 2 heterocycles. The number of nitrogens with zero attached hydrogens (tertiary/aromatic N) is 3. The van der Waals surface area contributed by atoms with E-state index >= 15 is 0 Å². The Balaban J connectivity index is 1.59. The van der Waals surface area contributed by atoms with Crippen LogP contribution in [0.1, 0.15) is 58.4 Å². The highest BCUT2D eigenvalue weighted by atomic mass is 16.2. The molecule has 0 atom stereocenters. The highest BCUT2D eigenvalue weighted by Gasteiger charge is 2.19. The van der Waals surface area contributed by atoms with Gasteiger partial charge in [0.2, 0.25) is 0 Å². The van der Waals surface area contributed by atoms with Crippen molar-refractivity contribution < 1.29 is 9.59 Å². The van der Waals surface area contributed by atoms with Gasteiger partial charge in [-0.3, -0.25) is 19.6 Å². The largest absolute Gasteiger partial charge is 0.349 e. The molecule has 142 valence electrons. The van der Waals surface area contributed by atoms with Gasteiger partial charge >= 0.3 is 0 Å². The van der Waals surface area contributed by atoms with E-state index in [0.29, 0.717) is 17.7 Å². The van der Waals surface area contributed by atoms with Crippen LogP contribution >= 0.6 is 0 Å². The van der Waals surface area contributed by atoms with Crippen molar-refractivity contribution >= 4 is 11.8 Å². The van der Waals surface area contributed by atoms with Gasteiger partial charge in [-0.15, -0.1) is 0 Å². The second kappa shape index (κ2) is 9.26. The number of carbonyl (C=O) groups excluding carboxylic acids is 2. The Hall–Kier alpha value is -2.76. The number of rotatable bonds is 6. The lowest BCUT2D eigenvalue weighted by Gasteiger charge is -2.22. The van der Waals surface area contributed by atoms with Gasteiger partial charge in [0.1, 0.15) is 0 Å². The van der Waals surface area contributed by atoms with Crippen LogP contribution in [0.2, 0.25) is 0 Å². The van der Waals surface area contributed by atoms with E-state index in [2.05, 4.69) is 15.3 Å². The quantitative estimate of drug-likeness (QED) is 0.853. The molecule has 6 nitrogen and oxygen atoms in total. The first-order valence-corrected chi connectivity index (χ1v) is 9.54. The lowest BCUT2D eigenvalue weighted by atomic mass is 9.95. The standard InChI is InChI=1S/C21H26N4O2/c1-25(12-9-16-7-10-22-11-8-16)21(27)18-13-17(14-23-15-18)20(26)24-19-5-3-2-4-6-19/h7-8,10-11,13-15,19H,2-6,9,12H2,1H3,(H,24,26). The van der Waals surface area contributed by atoms with Crippen LogP contribution in [0.5, 0.6) is 0 Å². The molecule has 1 fully saturated rings. The van der Waals surface area contributed by atoms with Crippen molar-refractivity contribution in [3.63, 3.8) is 0 Å². The number of carbonyl (C=O) groups is 2. The van der Waals surface area contributed by atoms with Crippen molar-refractivity contribution in [2.45, 2.75) is 44.6 Å². The maximum atomic E-state index is 12.7. The summed E-state index contributed by atoms with van der Waals surface area (Å²) >= 11 is 0. The highest BCUT2D eigenvalue weighted by Crippen LogP contribution is 2.18. The van der Waals surface area contributed by atoms with Crippen LogP contribution in [0.15, 0.2) is 43.0 Å². The smallest absolute Gasteiger partial charge is 0.255 e. The fourth-order valence-electron chi connectivity index (χ4n) is 3.36. The van der Waals surface area contributed by atoms with Crippen LogP contribution in [0.25, 0.3) is 0 Å². The number of hydrogen-bond acceptors (Lipinski definition) is 4. The van der Waals surface area contributed by atoms with E-state index in [4.69, 9.17) is 0 Å². The second-order valence-electron chi connectivity index (χ2n) is 7.10. The summed E-state index contributed by atoms with van der Waals surface area (Å²) in [6, 6.07) is 5.75. The average molecular weight is 366 g/mol. The summed E-state index contributed by atoms with van der Waals surface area (Å²) in [7, 11) is 1.76. The number of nitrogens with one attached hydrogen (secondary N) is 1. The predicted molar refractivity (Wildman–Crippen MR) is 103 cm³/mol. The lowest BCUT2D eigenvalue weighted by Crippen LogP contribution is -2.36. The molecule has 0 aliphatic heterocycles. The van der Waals surface area contributed by atoms with Crippen molar-refractivity contribution in [2.24, 2.45) is 0 Å². The van der Waals surface area contributed by atoms with Crippen LogP contribution in [-0.4, -0.2) is 46.3 Å². The third-order valence-electron chi connectivity index (χ3n) is 5.02. The molecule has 0 unspecified atom stereocenters. The summed E-state index contributed by atoms with van der Waals surface area (Å²) in [5, 5.41) is 3.07. The molecule has 1 aliphatic rings. The van der Waals surface area contributed by atoms with Crippen molar-refractivity contribution in [2.75, 3.05) is 13.6 Å². The molecule has 0 spiro atoms. The van der Waals surface area contributed by atoms with Gasteiger partial charge in [0, 0.05) is 44.4 Å². The normalized spacial score (nSPS) is 14.6. The van der Waals surface area contributed by atoms with Crippen molar-refractivity contribution in [3.05, 3.63) is 59.7 Å². The molecule has 2 amide bonds. The van der Waals surface area contributed by atoms with E-state index in [0.717, 1.165) is 37.7 Å². The molecule has 2 aromatic rings. The van der Waals surface area contributed by atoms with Gasteiger partial charge in [-0.1, -0.05) is 19.3 Å². The Morgan fingerprint density at radius 2 is 1.78 bits per heavy atom. The van der Waals surface area contributed by atoms with Crippen LogP contribution in [0.3, 0.4) is 0 Å². The molecule has 0 bridgehead atoms. The van der Waals surface area contributed by atoms with E-state index in [9.17, 15) is 9.59 Å². The molecule has 1 aliphatic carbocycles. The zero-order valence-corrected chi connectivity index (χ0v) is 15.7. The zero-order chi connectivity index (χ0) is 19.1. The van der Waals surface area contributed by atoms with Crippen LogP contribution in [-0.2, 0) is 6.42 Å². The number of pyridine rings is 2. The summed E-state index contributed by atoms with van der Waals surface area (Å²) in [5.74, 6) is -0.285. The summed E-state index contributed by atoms with van der Waals surface area (Å²) in [6.45, 7) is 0.585. The minimum Gasteiger partial charge on any atom is -0.349 e. The number of aromatic nitrogens is 2. The number of hydrogen-bond donors (Lipinski definition) is 1. The fourth-order valence-corrected chi connectivity index (χ4v) is 3.36. The van der Waals surface area contributed by atoms with E-state index in [1.54, 1.807) is 30.4 Å². The second-order valence-corrected chi connectivity index (χ2v) is 7.10. The van der Waals surface area contributed by atoms with Crippen molar-refractivity contribution in [3.8, 4) is 0 Å². The number of likely N-dealkylation sites (N-methyl/N-ethyl adjacent to an activating group) is 1. The maximum Gasteiger partial charge on any atom is 0.255 e. The monoisotopic (exact) mass is 366 g/mol. The minimum absolute atomic E-state index is 0.135. The highest BCUT2D eigenvalue weighted by molar-refractivity contribution is 5.99. The van der Waals surface area contributed by atoms with Gasteiger partial charge in [0.05, 0.1) is 11.1 Å². The van der Waals surface area contributed by atoms with E-state index in [1.165, 1.54) is 18.8 Å². The Bertz CT molecular complexity index is 773. The topological polar surface area (TPSA) is 75.2 Å². The third kappa shape index (κ3) is 5.36. The maximum absolute atomic E-state index is 12.7. The van der Waals surface area contributed by atoms with Gasteiger partial charge in [0.25, 0.3) is 11.8 Å². The Labute approximate surface area is 160 Å². The van der Waals surface area contributed by atoms with Crippen LogP contribution in [0, 0.1) is 0 Å². The van der Waals surface area contributed by atoms with Gasteiger partial charge < -0.3 is 10.2 Å². The van der Waals surface area contributed by atoms with Gasteiger partial charge in [0.15, 0.2) is 0 Å². The Morgan fingerprint density at radius 1 is 1.07 bits per heavy atom. The van der Waals surface area contributed by atoms with E-state index in [1.807, 2.05) is 12.1 Å². The van der Waals surface area contributed by atoms with Crippen molar-refractivity contribution in [1.82, 2.24) is 20.2 Å². The van der Waals surface area contributed by atoms with E-state index < -0.39 is 0 Å². The fraction of sp³-hybridized carbons (Fsp3) is 0.429. The predicted octanol–water partition coefficient (Wildman–Crippen LogP) is 2.85. The summed E-state index contributed by atoms with van der Waals surface area (Å²) < 4.78 is 0. The van der Waals surface area contributed by atoms with Crippen molar-refractivity contribution in [1.29, 1.82) is 0 Å². The molecule has 6 heteroatoms. The van der Waals surface area contributed by atoms with E-state index in [-0.39, 0.29) is 17.9 Å². The molecule has 0 saturated heterocycles. The van der Waals surface area contributed by atoms with Gasteiger partial charge in [-0.2, -0.15) is 0 Å². The molecule has 1 saturated carbocycles. The minimum atomic E-state index is -0.150. The van der Waals surface area contributed by atoms with Crippen LogP contribution < -0.4 is 5.32 Å². The molecule has 1 N–H and O–H groups in total. The first-order chi connectivity index (χ1) is 13.1. The Kier molecular flexibility index (Phi) is 6.52. The number of amides is 2. The molecule has 27 heavy (non-hydrogen) atoms. The average Bonchev–Trinajstić information content (AvgIpc) is 2.73. The SMILES string of the molecule is CN(CCc1ccncc1)C(=O)c1cncc(C(=O)NC2CCCCC2)c1. The Morgan fingerprint density at radius 3 is 2.52 bits per heavy atom. The van der Waals surface area contributed by atoms with Gasteiger partial charge in [-0.05, 0) is 43.0 Å². The molecular weight excluding hydrogens is 340 g/mol. The summed E-state index contributed by atoms with van der Waals surface area (Å²) in [5.41, 5.74) is 2.00. The molecular formula is C21H26N4O2. The van der Waals surface area contributed by atoms with Crippen LogP contribution in [0.4, 0.5) is 0 Å². The lowest BCUT2D eigenvalue weighted by molar-refractivity contribution is 0.0796.